The molecule has 3 saturated heterocycles. The van der Waals surface area contributed by atoms with Crippen LogP contribution in [0.15, 0.2) is 0 Å². The Morgan fingerprint density at radius 3 is 2.42 bits per heavy atom. The molecule has 3 aliphatic rings. The Balaban J connectivity index is 1.47. The van der Waals surface area contributed by atoms with Crippen molar-refractivity contribution in [3.8, 4) is 0 Å². The average molecular weight is 349 g/mol. The number of urea groups is 1. The number of piperidine rings is 2. The van der Waals surface area contributed by atoms with E-state index >= 15 is 0 Å². The van der Waals surface area contributed by atoms with Gasteiger partial charge in [0.1, 0.15) is 0 Å². The Kier molecular flexibility index (Phi) is 5.24. The highest BCUT2D eigenvalue weighted by Crippen LogP contribution is 2.32. The number of nitrogens with zero attached hydrogens (tertiary/aromatic N) is 2. The summed E-state index contributed by atoms with van der Waals surface area (Å²) in [5, 5.41) is 12.4. The Morgan fingerprint density at radius 2 is 1.75 bits per heavy atom. The summed E-state index contributed by atoms with van der Waals surface area (Å²) in [5.41, 5.74) is 0. The second-order valence-corrected chi connectivity index (χ2v) is 7.25. The van der Waals surface area contributed by atoms with Crippen LogP contribution >= 0.6 is 0 Å². The molecule has 138 valence electrons. The number of carbonyl (C=O) groups excluding carboxylic acids is 1. The molecule has 0 aliphatic carbocycles. The highest BCUT2D eigenvalue weighted by molar-refractivity contribution is 5.74. The van der Waals surface area contributed by atoms with Crippen LogP contribution in [0.25, 0.3) is 0 Å². The van der Waals surface area contributed by atoms with Gasteiger partial charge >= 0.3 is 12.2 Å². The summed E-state index contributed by atoms with van der Waals surface area (Å²) in [7, 11) is 0. The predicted octanol–water partition coefficient (Wildman–Crippen LogP) is 1.96. The van der Waals surface area contributed by atoms with E-state index in [1.807, 2.05) is 0 Å². The molecule has 3 aliphatic heterocycles. The summed E-state index contributed by atoms with van der Waals surface area (Å²) >= 11 is 0. The molecule has 0 saturated carbocycles. The number of hydrogen-bond donors (Lipinski definition) is 2. The zero-order chi connectivity index (χ0) is 17.3. The van der Waals surface area contributed by atoms with Crippen LogP contribution in [-0.4, -0.2) is 71.5 Å². The van der Waals surface area contributed by atoms with Gasteiger partial charge in [-0.05, 0) is 44.6 Å². The van der Waals surface area contributed by atoms with Crippen molar-refractivity contribution in [2.24, 2.45) is 5.92 Å². The first-order valence-corrected chi connectivity index (χ1v) is 8.90. The molecule has 0 spiro atoms. The quantitative estimate of drug-likeness (QED) is 0.801. The summed E-state index contributed by atoms with van der Waals surface area (Å²) in [6, 6.07) is 0.385. The van der Waals surface area contributed by atoms with Crippen LogP contribution in [0.4, 0.5) is 18.0 Å². The van der Waals surface area contributed by atoms with Gasteiger partial charge in [0.25, 0.3) is 0 Å². The number of alkyl halides is 3. The number of aliphatic hydroxyl groups is 1. The molecule has 0 aromatic heterocycles. The van der Waals surface area contributed by atoms with Gasteiger partial charge in [-0.3, -0.25) is 4.90 Å². The van der Waals surface area contributed by atoms with Crippen LogP contribution in [0.1, 0.15) is 38.5 Å². The largest absolute Gasteiger partial charge is 0.414 e. The molecule has 3 heterocycles. The number of fused-ring (bicyclic) bond motifs is 1. The van der Waals surface area contributed by atoms with Crippen molar-refractivity contribution in [2.75, 3.05) is 26.2 Å². The highest BCUT2D eigenvalue weighted by atomic mass is 19.4. The van der Waals surface area contributed by atoms with Gasteiger partial charge < -0.3 is 15.3 Å². The van der Waals surface area contributed by atoms with Crippen molar-refractivity contribution in [3.63, 3.8) is 0 Å². The predicted molar refractivity (Wildman–Crippen MR) is 82.5 cm³/mol. The lowest BCUT2D eigenvalue weighted by Gasteiger charge is -2.36. The van der Waals surface area contributed by atoms with Gasteiger partial charge in [0.15, 0.2) is 6.10 Å². The van der Waals surface area contributed by atoms with E-state index in [4.69, 9.17) is 0 Å². The summed E-state index contributed by atoms with van der Waals surface area (Å²) in [5.74, 6) is -0.811. The van der Waals surface area contributed by atoms with Gasteiger partial charge in [-0.15, -0.1) is 0 Å². The number of aliphatic hydroxyl groups excluding tert-OH is 1. The molecule has 24 heavy (non-hydrogen) atoms. The number of likely N-dealkylation sites (tertiary alicyclic amines) is 1. The molecule has 5 nitrogen and oxygen atoms in total. The topological polar surface area (TPSA) is 55.8 Å². The van der Waals surface area contributed by atoms with Crippen molar-refractivity contribution in [2.45, 2.75) is 62.9 Å². The van der Waals surface area contributed by atoms with E-state index in [1.54, 1.807) is 4.90 Å². The van der Waals surface area contributed by atoms with E-state index in [1.165, 1.54) is 12.8 Å². The fourth-order valence-corrected chi connectivity index (χ4v) is 4.35. The minimum Gasteiger partial charge on any atom is -0.383 e. The van der Waals surface area contributed by atoms with Crippen LogP contribution in [0.2, 0.25) is 0 Å². The Bertz CT molecular complexity index is 452. The minimum atomic E-state index is -4.58. The Morgan fingerprint density at radius 1 is 1.04 bits per heavy atom. The molecule has 0 aromatic rings. The summed E-state index contributed by atoms with van der Waals surface area (Å²) in [4.78, 5) is 16.4. The number of rotatable bonds is 2. The van der Waals surface area contributed by atoms with Gasteiger partial charge in [-0.25, -0.2) is 4.79 Å². The third-order valence-corrected chi connectivity index (χ3v) is 5.77. The maximum Gasteiger partial charge on any atom is 0.414 e. The smallest absolute Gasteiger partial charge is 0.383 e. The monoisotopic (exact) mass is 349 g/mol. The average Bonchev–Trinajstić information content (AvgIpc) is 2.96. The van der Waals surface area contributed by atoms with Gasteiger partial charge in [0, 0.05) is 31.7 Å². The summed E-state index contributed by atoms with van der Waals surface area (Å²) < 4.78 is 37.7. The van der Waals surface area contributed by atoms with Crippen molar-refractivity contribution in [1.82, 2.24) is 15.1 Å². The number of nitrogens with one attached hydrogen (secondary N) is 1. The van der Waals surface area contributed by atoms with E-state index < -0.39 is 18.2 Å². The van der Waals surface area contributed by atoms with Gasteiger partial charge in [-0.1, -0.05) is 6.42 Å². The molecule has 2 N–H and O–H groups in total. The number of hydrogen-bond acceptors (Lipinski definition) is 3. The van der Waals surface area contributed by atoms with Gasteiger partial charge in [0.2, 0.25) is 0 Å². The molecule has 8 heteroatoms. The molecule has 3 rings (SSSR count). The van der Waals surface area contributed by atoms with Crippen LogP contribution < -0.4 is 5.32 Å². The fraction of sp³-hybridized carbons (Fsp3) is 0.938. The molecule has 0 aromatic carbocycles. The van der Waals surface area contributed by atoms with E-state index in [2.05, 4.69) is 10.2 Å². The molecular weight excluding hydrogens is 323 g/mol. The van der Waals surface area contributed by atoms with Crippen LogP contribution in [0, 0.1) is 5.92 Å². The normalized spacial score (nSPS) is 30.9. The molecule has 0 radical (unpaired) electrons. The molecule has 3 fully saturated rings. The molecule has 3 atom stereocenters. The summed E-state index contributed by atoms with van der Waals surface area (Å²) in [6.45, 7) is 2.64. The molecule has 3 unspecified atom stereocenters. The maximum atomic E-state index is 12.6. The number of carbonyl (C=O) groups is 1. The standard InChI is InChI=1S/C16H26F3N3O2/c17-16(18,19)14(23)11-4-8-22(9-5-11)15(24)20-12-6-10-21-7-2-1-3-13(12)21/h11-14,23H,1-10H2,(H,20,24). The van der Waals surface area contributed by atoms with E-state index in [0.717, 1.165) is 25.9 Å². The zero-order valence-electron chi connectivity index (χ0n) is 13.8. The van der Waals surface area contributed by atoms with Gasteiger partial charge in [0.05, 0.1) is 0 Å². The molecule has 2 amide bonds. The first kappa shape index (κ1) is 17.8. The third-order valence-electron chi connectivity index (χ3n) is 5.77. The van der Waals surface area contributed by atoms with Gasteiger partial charge in [-0.2, -0.15) is 13.2 Å². The molecule has 0 bridgehead atoms. The van der Waals surface area contributed by atoms with Crippen molar-refractivity contribution in [3.05, 3.63) is 0 Å². The summed E-state index contributed by atoms with van der Waals surface area (Å²) in [6.07, 6.45) is -2.04. The maximum absolute atomic E-state index is 12.6. The SMILES string of the molecule is O=C(NC1CCN2CCCCC12)N1CCC(C(O)C(F)(F)F)CC1. The van der Waals surface area contributed by atoms with Crippen LogP contribution in [0.5, 0.6) is 0 Å². The van der Waals surface area contributed by atoms with Crippen LogP contribution in [-0.2, 0) is 0 Å². The minimum absolute atomic E-state index is 0.149. The first-order valence-electron chi connectivity index (χ1n) is 8.90. The third kappa shape index (κ3) is 3.79. The lowest BCUT2D eigenvalue weighted by Crippen LogP contribution is -2.53. The van der Waals surface area contributed by atoms with E-state index in [9.17, 15) is 23.1 Å². The van der Waals surface area contributed by atoms with Crippen LogP contribution in [0.3, 0.4) is 0 Å². The lowest BCUT2D eigenvalue weighted by molar-refractivity contribution is -0.222. The Hall–Kier alpha value is -1.02. The van der Waals surface area contributed by atoms with Crippen molar-refractivity contribution < 1.29 is 23.1 Å². The second kappa shape index (κ2) is 7.07. The first-order chi connectivity index (χ1) is 11.4. The highest BCUT2D eigenvalue weighted by Gasteiger charge is 2.44. The van der Waals surface area contributed by atoms with E-state index in [-0.39, 0.29) is 38.0 Å². The fourth-order valence-electron chi connectivity index (χ4n) is 4.35. The van der Waals surface area contributed by atoms with E-state index in [0.29, 0.717) is 6.04 Å². The number of amides is 2. The molecular formula is C16H26F3N3O2. The zero-order valence-corrected chi connectivity index (χ0v) is 13.8. The van der Waals surface area contributed by atoms with Crippen molar-refractivity contribution in [1.29, 1.82) is 0 Å². The Labute approximate surface area is 140 Å². The number of halogens is 3. The second-order valence-electron chi connectivity index (χ2n) is 7.25. The van der Waals surface area contributed by atoms with Crippen molar-refractivity contribution >= 4 is 6.03 Å². The lowest BCUT2D eigenvalue weighted by atomic mass is 9.91.